The van der Waals surface area contributed by atoms with Crippen LogP contribution in [0.25, 0.3) is 0 Å². The number of hydrogen-bond donors (Lipinski definition) is 2. The van der Waals surface area contributed by atoms with Gasteiger partial charge in [-0.05, 0) is 64.8 Å². The van der Waals surface area contributed by atoms with Crippen molar-refractivity contribution in [3.63, 3.8) is 0 Å². The van der Waals surface area contributed by atoms with E-state index in [2.05, 4.69) is 15.6 Å². The number of anilines is 2. The topological polar surface area (TPSA) is 83.6 Å². The van der Waals surface area contributed by atoms with Crippen LogP contribution in [0.5, 0.6) is 0 Å². The van der Waals surface area contributed by atoms with E-state index in [1.54, 1.807) is 17.0 Å². The van der Waals surface area contributed by atoms with Crippen LogP contribution in [0.3, 0.4) is 0 Å². The van der Waals surface area contributed by atoms with Gasteiger partial charge in [-0.25, -0.2) is 9.78 Å². The fraction of sp³-hybridized carbons (Fsp3) is 0.417. The van der Waals surface area contributed by atoms with E-state index in [4.69, 9.17) is 28.6 Å². The molecule has 176 valence electrons. The third-order valence-electron chi connectivity index (χ3n) is 5.16. The number of thiocarbonyl (C=S) groups is 1. The SMILES string of the molecule is Cc1ccc(NC(=O)C2CCN(C(=O)OC(C)(C)C)CC2)c(C(=S)Nc2ccc(Cl)cn2)c1. The third-order valence-corrected chi connectivity index (χ3v) is 5.71. The highest BCUT2D eigenvalue weighted by Gasteiger charge is 2.30. The lowest BCUT2D eigenvalue weighted by Gasteiger charge is -2.33. The molecular formula is C24H29ClN4O3S. The fourth-order valence-corrected chi connectivity index (χ4v) is 3.86. The van der Waals surface area contributed by atoms with Crippen LogP contribution in [0, 0.1) is 12.8 Å². The van der Waals surface area contributed by atoms with Crippen molar-refractivity contribution >= 4 is 52.3 Å². The number of amides is 2. The Kier molecular flexibility index (Phi) is 7.92. The average Bonchev–Trinajstić information content (AvgIpc) is 2.75. The number of nitrogens with zero attached hydrogens (tertiary/aromatic N) is 2. The largest absolute Gasteiger partial charge is 0.444 e. The minimum absolute atomic E-state index is 0.0867. The summed E-state index contributed by atoms with van der Waals surface area (Å²) in [6.45, 7) is 8.45. The Morgan fingerprint density at radius 2 is 1.85 bits per heavy atom. The summed E-state index contributed by atoms with van der Waals surface area (Å²) in [7, 11) is 0. The van der Waals surface area contributed by atoms with Crippen molar-refractivity contribution in [2.45, 2.75) is 46.1 Å². The van der Waals surface area contributed by atoms with Crippen molar-refractivity contribution in [2.75, 3.05) is 23.7 Å². The Bertz CT molecular complexity index is 1030. The lowest BCUT2D eigenvalue weighted by atomic mass is 9.95. The van der Waals surface area contributed by atoms with Gasteiger partial charge in [-0.3, -0.25) is 4.79 Å². The molecule has 0 aliphatic carbocycles. The van der Waals surface area contributed by atoms with Crippen molar-refractivity contribution in [2.24, 2.45) is 5.92 Å². The lowest BCUT2D eigenvalue weighted by Crippen LogP contribution is -2.43. The molecule has 0 radical (unpaired) electrons. The van der Waals surface area contributed by atoms with Crippen molar-refractivity contribution in [1.82, 2.24) is 9.88 Å². The van der Waals surface area contributed by atoms with Gasteiger partial charge < -0.3 is 20.3 Å². The summed E-state index contributed by atoms with van der Waals surface area (Å²) in [5, 5.41) is 6.65. The zero-order valence-electron chi connectivity index (χ0n) is 19.3. The number of aromatic nitrogens is 1. The summed E-state index contributed by atoms with van der Waals surface area (Å²) in [4.78, 5) is 31.6. The van der Waals surface area contributed by atoms with E-state index in [1.807, 2.05) is 45.9 Å². The molecule has 1 aliphatic rings. The van der Waals surface area contributed by atoms with Crippen LogP contribution in [0.15, 0.2) is 36.5 Å². The normalized spacial score (nSPS) is 14.5. The van der Waals surface area contributed by atoms with E-state index in [0.717, 1.165) is 5.56 Å². The van der Waals surface area contributed by atoms with Gasteiger partial charge in [-0.15, -0.1) is 0 Å². The zero-order valence-corrected chi connectivity index (χ0v) is 20.8. The molecule has 33 heavy (non-hydrogen) atoms. The Labute approximate surface area is 204 Å². The number of hydrogen-bond acceptors (Lipinski definition) is 5. The molecule has 2 aromatic rings. The number of nitrogens with one attached hydrogen (secondary N) is 2. The summed E-state index contributed by atoms with van der Waals surface area (Å²) >= 11 is 11.5. The summed E-state index contributed by atoms with van der Waals surface area (Å²) in [5.74, 6) is 0.284. The van der Waals surface area contributed by atoms with Crippen molar-refractivity contribution in [1.29, 1.82) is 0 Å². The molecule has 1 aromatic carbocycles. The van der Waals surface area contributed by atoms with E-state index < -0.39 is 5.60 Å². The average molecular weight is 489 g/mol. The van der Waals surface area contributed by atoms with Gasteiger partial charge in [0.15, 0.2) is 0 Å². The number of piperidine rings is 1. The smallest absolute Gasteiger partial charge is 0.410 e. The Morgan fingerprint density at radius 1 is 1.15 bits per heavy atom. The van der Waals surface area contributed by atoms with Gasteiger partial charge in [0, 0.05) is 30.8 Å². The first kappa shape index (κ1) is 24.9. The molecule has 0 spiro atoms. The Balaban J connectivity index is 1.64. The number of benzene rings is 1. The van der Waals surface area contributed by atoms with E-state index in [1.165, 1.54) is 6.20 Å². The number of halogens is 1. The molecule has 1 aliphatic heterocycles. The number of carbonyl (C=O) groups is 2. The highest BCUT2D eigenvalue weighted by Crippen LogP contribution is 2.24. The second-order valence-electron chi connectivity index (χ2n) is 9.10. The third kappa shape index (κ3) is 7.14. The van der Waals surface area contributed by atoms with Gasteiger partial charge in [0.2, 0.25) is 5.91 Å². The quantitative estimate of drug-likeness (QED) is 0.559. The number of aryl methyl sites for hydroxylation is 1. The van der Waals surface area contributed by atoms with Crippen LogP contribution in [-0.4, -0.2) is 45.6 Å². The number of carbonyl (C=O) groups excluding carboxylic acids is 2. The number of likely N-dealkylation sites (tertiary alicyclic amines) is 1. The lowest BCUT2D eigenvalue weighted by molar-refractivity contribution is -0.121. The molecule has 2 N–H and O–H groups in total. The highest BCUT2D eigenvalue weighted by atomic mass is 35.5. The van der Waals surface area contributed by atoms with E-state index in [-0.39, 0.29) is 17.9 Å². The molecule has 9 heteroatoms. The second-order valence-corrected chi connectivity index (χ2v) is 9.94. The molecule has 0 saturated carbocycles. The summed E-state index contributed by atoms with van der Waals surface area (Å²) in [6, 6.07) is 9.16. The summed E-state index contributed by atoms with van der Waals surface area (Å²) in [6.07, 6.45) is 2.34. The second kappa shape index (κ2) is 10.5. The first-order valence-corrected chi connectivity index (χ1v) is 11.6. The number of rotatable bonds is 4. The molecule has 1 aromatic heterocycles. The molecule has 2 amide bonds. The molecule has 1 saturated heterocycles. The molecule has 1 fully saturated rings. The first-order valence-electron chi connectivity index (χ1n) is 10.8. The van der Waals surface area contributed by atoms with Gasteiger partial charge in [-0.1, -0.05) is 35.4 Å². The number of ether oxygens (including phenoxy) is 1. The predicted octanol–water partition coefficient (Wildman–Crippen LogP) is 5.42. The maximum absolute atomic E-state index is 13.0. The summed E-state index contributed by atoms with van der Waals surface area (Å²) in [5.41, 5.74) is 1.82. The minimum Gasteiger partial charge on any atom is -0.444 e. The van der Waals surface area contributed by atoms with E-state index in [0.29, 0.717) is 53.0 Å². The monoisotopic (exact) mass is 488 g/mol. The zero-order chi connectivity index (χ0) is 24.2. The maximum atomic E-state index is 13.0. The van der Waals surface area contributed by atoms with Gasteiger partial charge in [-0.2, -0.15) is 0 Å². The summed E-state index contributed by atoms with van der Waals surface area (Å²) < 4.78 is 5.43. The van der Waals surface area contributed by atoms with Crippen LogP contribution < -0.4 is 10.6 Å². The molecule has 0 unspecified atom stereocenters. The van der Waals surface area contributed by atoms with Crippen LogP contribution >= 0.6 is 23.8 Å². The van der Waals surface area contributed by atoms with E-state index >= 15 is 0 Å². The highest BCUT2D eigenvalue weighted by molar-refractivity contribution is 7.81. The standard InChI is InChI=1S/C24H29ClN4O3S/c1-15-5-7-19(18(13-15)22(33)28-20-8-6-17(25)14-26-20)27-21(30)16-9-11-29(12-10-16)23(31)32-24(2,3)4/h5-8,13-14,16H,9-12H2,1-4H3,(H,27,30)(H,26,28,33). The molecule has 2 heterocycles. The molecule has 0 atom stereocenters. The van der Waals surface area contributed by atoms with Crippen molar-refractivity contribution < 1.29 is 14.3 Å². The van der Waals surface area contributed by atoms with Gasteiger partial charge in [0.05, 0.1) is 10.7 Å². The van der Waals surface area contributed by atoms with Crippen LogP contribution in [0.2, 0.25) is 5.02 Å². The fourth-order valence-electron chi connectivity index (χ4n) is 3.47. The first-order chi connectivity index (χ1) is 15.5. The van der Waals surface area contributed by atoms with Crippen LogP contribution in [0.4, 0.5) is 16.3 Å². The minimum atomic E-state index is -0.541. The number of pyridine rings is 1. The van der Waals surface area contributed by atoms with Crippen LogP contribution in [0.1, 0.15) is 44.7 Å². The Hall–Kier alpha value is -2.71. The molecule has 7 nitrogen and oxygen atoms in total. The van der Waals surface area contributed by atoms with Gasteiger partial charge in [0.1, 0.15) is 16.4 Å². The maximum Gasteiger partial charge on any atom is 0.410 e. The van der Waals surface area contributed by atoms with Gasteiger partial charge >= 0.3 is 6.09 Å². The van der Waals surface area contributed by atoms with E-state index in [9.17, 15) is 9.59 Å². The molecule has 3 rings (SSSR count). The van der Waals surface area contributed by atoms with Crippen LogP contribution in [-0.2, 0) is 9.53 Å². The molecule has 0 bridgehead atoms. The molecular weight excluding hydrogens is 460 g/mol. The Morgan fingerprint density at radius 3 is 2.45 bits per heavy atom. The predicted molar refractivity (Wildman–Crippen MR) is 135 cm³/mol. The van der Waals surface area contributed by atoms with Gasteiger partial charge in [0.25, 0.3) is 0 Å². The van der Waals surface area contributed by atoms with Crippen molar-refractivity contribution in [3.8, 4) is 0 Å². The van der Waals surface area contributed by atoms with Crippen molar-refractivity contribution in [3.05, 3.63) is 52.7 Å².